The summed E-state index contributed by atoms with van der Waals surface area (Å²) >= 11 is 1.73. The number of rotatable bonds is 5. The quantitative estimate of drug-likeness (QED) is 0.890. The van der Waals surface area contributed by atoms with E-state index in [1.165, 1.54) is 12.1 Å². The van der Waals surface area contributed by atoms with Crippen molar-refractivity contribution in [2.75, 3.05) is 12.0 Å². The van der Waals surface area contributed by atoms with Crippen molar-refractivity contribution in [3.63, 3.8) is 0 Å². The van der Waals surface area contributed by atoms with E-state index in [9.17, 15) is 13.2 Å². The molecule has 2 unspecified atom stereocenters. The molecular formula is C13H18F3NS. The molecule has 0 amide bonds. The summed E-state index contributed by atoms with van der Waals surface area (Å²) in [5.74, 6) is 1.31. The average Bonchev–Trinajstić information content (AvgIpc) is 2.28. The van der Waals surface area contributed by atoms with E-state index in [1.54, 1.807) is 11.8 Å². The minimum absolute atomic E-state index is 0.0193. The van der Waals surface area contributed by atoms with Gasteiger partial charge in [-0.2, -0.15) is 24.9 Å². The SMILES string of the molecule is CSCC(C)C(N)Cc1ccc(C(F)(F)F)cc1. The predicted octanol–water partition coefficient (Wildman–Crippen LogP) is 3.57. The van der Waals surface area contributed by atoms with Crippen LogP contribution in [0.2, 0.25) is 0 Å². The van der Waals surface area contributed by atoms with E-state index in [-0.39, 0.29) is 6.04 Å². The van der Waals surface area contributed by atoms with Crippen molar-refractivity contribution < 1.29 is 13.2 Å². The van der Waals surface area contributed by atoms with Crippen LogP contribution in [0.1, 0.15) is 18.1 Å². The van der Waals surface area contributed by atoms with E-state index in [4.69, 9.17) is 5.73 Å². The van der Waals surface area contributed by atoms with Gasteiger partial charge >= 0.3 is 6.18 Å². The minimum Gasteiger partial charge on any atom is -0.327 e. The second kappa shape index (κ2) is 6.48. The summed E-state index contributed by atoms with van der Waals surface area (Å²) in [4.78, 5) is 0. The van der Waals surface area contributed by atoms with E-state index in [0.717, 1.165) is 23.4 Å². The number of thioether (sulfide) groups is 1. The Bertz CT molecular complexity index is 361. The zero-order chi connectivity index (χ0) is 13.8. The molecule has 18 heavy (non-hydrogen) atoms. The molecule has 0 saturated heterocycles. The number of alkyl halides is 3. The molecule has 0 aliphatic heterocycles. The standard InChI is InChI=1S/C13H18F3NS/c1-9(8-18-2)12(17)7-10-3-5-11(6-4-10)13(14,15)16/h3-6,9,12H,7-8,17H2,1-2H3. The Labute approximate surface area is 110 Å². The maximum atomic E-state index is 12.4. The van der Waals surface area contributed by atoms with Crippen LogP contribution in [0.4, 0.5) is 13.2 Å². The normalized spacial score (nSPS) is 15.4. The van der Waals surface area contributed by atoms with Crippen LogP contribution in [0.5, 0.6) is 0 Å². The number of nitrogens with two attached hydrogens (primary N) is 1. The Morgan fingerprint density at radius 2 is 1.78 bits per heavy atom. The molecule has 0 aliphatic rings. The van der Waals surface area contributed by atoms with Crippen molar-refractivity contribution in [1.29, 1.82) is 0 Å². The summed E-state index contributed by atoms with van der Waals surface area (Å²) in [6, 6.07) is 5.22. The van der Waals surface area contributed by atoms with Crippen LogP contribution < -0.4 is 5.73 Å². The zero-order valence-electron chi connectivity index (χ0n) is 10.5. The van der Waals surface area contributed by atoms with E-state index >= 15 is 0 Å². The predicted molar refractivity (Wildman–Crippen MR) is 70.7 cm³/mol. The van der Waals surface area contributed by atoms with Gasteiger partial charge in [0.15, 0.2) is 0 Å². The first-order valence-corrected chi connectivity index (χ1v) is 7.14. The van der Waals surface area contributed by atoms with Crippen molar-refractivity contribution in [2.24, 2.45) is 11.7 Å². The number of hydrogen-bond acceptors (Lipinski definition) is 2. The molecule has 0 fully saturated rings. The highest BCUT2D eigenvalue weighted by Gasteiger charge is 2.30. The topological polar surface area (TPSA) is 26.0 Å². The van der Waals surface area contributed by atoms with Crippen LogP contribution in [0.15, 0.2) is 24.3 Å². The van der Waals surface area contributed by atoms with E-state index in [1.807, 2.05) is 6.26 Å². The molecule has 0 heterocycles. The molecule has 0 radical (unpaired) electrons. The van der Waals surface area contributed by atoms with Gasteiger partial charge in [0.25, 0.3) is 0 Å². The molecule has 0 spiro atoms. The molecule has 0 saturated carbocycles. The van der Waals surface area contributed by atoms with Crippen LogP contribution in [0.3, 0.4) is 0 Å². The Balaban J connectivity index is 2.64. The summed E-state index contributed by atoms with van der Waals surface area (Å²) in [6.45, 7) is 2.06. The van der Waals surface area contributed by atoms with Gasteiger partial charge in [0.2, 0.25) is 0 Å². The second-order valence-electron chi connectivity index (χ2n) is 4.50. The fourth-order valence-electron chi connectivity index (χ4n) is 1.69. The van der Waals surface area contributed by atoms with Crippen LogP contribution in [0.25, 0.3) is 0 Å². The van der Waals surface area contributed by atoms with E-state index < -0.39 is 11.7 Å². The highest BCUT2D eigenvalue weighted by atomic mass is 32.2. The third kappa shape index (κ3) is 4.53. The smallest absolute Gasteiger partial charge is 0.327 e. The van der Waals surface area contributed by atoms with Gasteiger partial charge in [0, 0.05) is 6.04 Å². The molecule has 2 atom stereocenters. The molecule has 1 rings (SSSR count). The molecule has 0 bridgehead atoms. The molecule has 0 aromatic heterocycles. The Morgan fingerprint density at radius 1 is 1.22 bits per heavy atom. The molecule has 1 nitrogen and oxygen atoms in total. The van der Waals surface area contributed by atoms with Gasteiger partial charge in [-0.15, -0.1) is 0 Å². The number of halogens is 3. The van der Waals surface area contributed by atoms with Crippen LogP contribution in [-0.4, -0.2) is 18.1 Å². The monoisotopic (exact) mass is 277 g/mol. The first-order valence-electron chi connectivity index (χ1n) is 5.75. The fourth-order valence-corrected chi connectivity index (χ4v) is 2.46. The van der Waals surface area contributed by atoms with Gasteiger partial charge in [0.1, 0.15) is 0 Å². The third-order valence-electron chi connectivity index (χ3n) is 2.91. The van der Waals surface area contributed by atoms with Gasteiger partial charge in [0.05, 0.1) is 5.56 Å². The second-order valence-corrected chi connectivity index (χ2v) is 5.41. The zero-order valence-corrected chi connectivity index (χ0v) is 11.3. The number of benzene rings is 1. The van der Waals surface area contributed by atoms with Crippen LogP contribution >= 0.6 is 11.8 Å². The molecule has 5 heteroatoms. The largest absolute Gasteiger partial charge is 0.416 e. The van der Waals surface area contributed by atoms with Crippen molar-refractivity contribution >= 4 is 11.8 Å². The summed E-state index contributed by atoms with van der Waals surface area (Å²) in [5.41, 5.74) is 6.26. The highest BCUT2D eigenvalue weighted by Crippen LogP contribution is 2.29. The fraction of sp³-hybridized carbons (Fsp3) is 0.538. The molecule has 1 aromatic rings. The molecule has 0 aliphatic carbocycles. The average molecular weight is 277 g/mol. The molecular weight excluding hydrogens is 259 g/mol. The first-order chi connectivity index (χ1) is 8.34. The first kappa shape index (κ1) is 15.4. The summed E-state index contributed by atoms with van der Waals surface area (Å²) in [6.07, 6.45) is -1.64. The Morgan fingerprint density at radius 3 is 2.22 bits per heavy atom. The van der Waals surface area contributed by atoms with E-state index in [2.05, 4.69) is 6.92 Å². The summed E-state index contributed by atoms with van der Waals surface area (Å²) < 4.78 is 37.1. The van der Waals surface area contributed by atoms with Crippen molar-refractivity contribution in [3.8, 4) is 0 Å². The van der Waals surface area contributed by atoms with Crippen molar-refractivity contribution in [3.05, 3.63) is 35.4 Å². The van der Waals surface area contributed by atoms with E-state index in [0.29, 0.717) is 12.3 Å². The summed E-state index contributed by atoms with van der Waals surface area (Å²) in [7, 11) is 0. The lowest BCUT2D eigenvalue weighted by molar-refractivity contribution is -0.137. The maximum Gasteiger partial charge on any atom is 0.416 e. The molecule has 2 N–H and O–H groups in total. The van der Waals surface area contributed by atoms with Gasteiger partial charge in [-0.1, -0.05) is 19.1 Å². The van der Waals surface area contributed by atoms with Crippen LogP contribution in [-0.2, 0) is 12.6 Å². The van der Waals surface area contributed by atoms with Gasteiger partial charge in [-0.3, -0.25) is 0 Å². The highest BCUT2D eigenvalue weighted by molar-refractivity contribution is 7.98. The van der Waals surface area contributed by atoms with Crippen molar-refractivity contribution in [2.45, 2.75) is 25.6 Å². The summed E-state index contributed by atoms with van der Waals surface area (Å²) in [5, 5.41) is 0. The lowest BCUT2D eigenvalue weighted by Crippen LogP contribution is -2.31. The number of hydrogen-bond donors (Lipinski definition) is 1. The minimum atomic E-state index is -4.27. The molecule has 1 aromatic carbocycles. The Kier molecular flexibility index (Phi) is 5.53. The lowest BCUT2D eigenvalue weighted by Gasteiger charge is -2.19. The Hall–Kier alpha value is -0.680. The van der Waals surface area contributed by atoms with Gasteiger partial charge in [-0.05, 0) is 42.0 Å². The molecule has 102 valence electrons. The maximum absolute atomic E-state index is 12.4. The lowest BCUT2D eigenvalue weighted by atomic mass is 9.96. The third-order valence-corrected chi connectivity index (χ3v) is 3.77. The van der Waals surface area contributed by atoms with Gasteiger partial charge in [-0.25, -0.2) is 0 Å². The van der Waals surface area contributed by atoms with Gasteiger partial charge < -0.3 is 5.73 Å². The van der Waals surface area contributed by atoms with Crippen LogP contribution in [0, 0.1) is 5.92 Å². The van der Waals surface area contributed by atoms with Crippen molar-refractivity contribution in [1.82, 2.24) is 0 Å².